The Morgan fingerprint density at radius 3 is 0.889 bits per heavy atom. The van der Waals surface area contributed by atoms with E-state index in [1.165, 1.54) is 0 Å². The summed E-state index contributed by atoms with van der Waals surface area (Å²) in [5, 5.41) is 0. The summed E-state index contributed by atoms with van der Waals surface area (Å²) in [4.78, 5) is 0. The molecule has 0 aliphatic heterocycles. The van der Waals surface area contributed by atoms with Crippen LogP contribution in [0.3, 0.4) is 0 Å². The van der Waals surface area contributed by atoms with E-state index in [2.05, 4.69) is 23.7 Å². The quantitative estimate of drug-likeness (QED) is 0.400. The molecule has 0 saturated carbocycles. The summed E-state index contributed by atoms with van der Waals surface area (Å²) in [5.41, 5.74) is -1.22. The van der Waals surface area contributed by atoms with Crippen molar-refractivity contribution in [3.05, 3.63) is 0 Å². The Hall–Kier alpha value is -1.76. The first-order valence-corrected chi connectivity index (χ1v) is 2.15. The molecule has 0 aromatic heterocycles. The van der Waals surface area contributed by atoms with Crippen molar-refractivity contribution in [2.45, 2.75) is 0 Å². The van der Waals surface area contributed by atoms with Gasteiger partial charge in [0.25, 0.3) is 0 Å². The van der Waals surface area contributed by atoms with Crippen molar-refractivity contribution in [1.82, 2.24) is 0 Å². The molecule has 0 aliphatic carbocycles. The summed E-state index contributed by atoms with van der Waals surface area (Å²) in [6.45, 7) is 0. The molecule has 0 aliphatic rings. The van der Waals surface area contributed by atoms with E-state index >= 15 is 0 Å². The number of hydrogen-bond donors (Lipinski definition) is 0. The van der Waals surface area contributed by atoms with Crippen molar-refractivity contribution in [2.75, 3.05) is 0 Å². The summed E-state index contributed by atoms with van der Waals surface area (Å²) in [6.07, 6.45) is 19.8. The molecular formula is C9H4. The largest absolute Gasteiger partial charge is 0.211 e. The van der Waals surface area contributed by atoms with Crippen LogP contribution >= 0.6 is 0 Å². The highest BCUT2D eigenvalue weighted by atomic mass is 14.1. The van der Waals surface area contributed by atoms with Crippen LogP contribution in [0.5, 0.6) is 0 Å². The maximum Gasteiger partial charge on any atom is 0.211 e. The van der Waals surface area contributed by atoms with Gasteiger partial charge in [0, 0.05) is 0 Å². The minimum atomic E-state index is -1.22. The van der Waals surface area contributed by atoms with Gasteiger partial charge < -0.3 is 0 Å². The van der Waals surface area contributed by atoms with Crippen LogP contribution in [-0.2, 0) is 0 Å². The Kier molecular flexibility index (Phi) is 2.03. The molecule has 0 N–H and O–H groups in total. The zero-order valence-corrected chi connectivity index (χ0v) is 4.81. The first kappa shape index (κ1) is 7.24. The van der Waals surface area contributed by atoms with Gasteiger partial charge in [-0.05, 0) is 0 Å². The summed E-state index contributed by atoms with van der Waals surface area (Å²) >= 11 is 0. The van der Waals surface area contributed by atoms with Crippen molar-refractivity contribution < 1.29 is 0 Å². The fraction of sp³-hybridized carbons (Fsp3) is 0.111. The van der Waals surface area contributed by atoms with Crippen LogP contribution in [0.25, 0.3) is 0 Å². The van der Waals surface area contributed by atoms with Crippen LogP contribution in [0, 0.1) is 54.8 Å². The average molecular weight is 112 g/mol. The second kappa shape index (κ2) is 2.52. The molecular weight excluding hydrogens is 108 g/mol. The third-order valence-electron chi connectivity index (χ3n) is 0.866. The number of terminal acetylenes is 4. The Bertz CT molecular complexity index is 193. The molecule has 0 amide bonds. The highest BCUT2D eigenvalue weighted by Crippen LogP contribution is 2.09. The van der Waals surface area contributed by atoms with Crippen molar-refractivity contribution in [3.8, 4) is 49.4 Å². The van der Waals surface area contributed by atoms with Crippen LogP contribution < -0.4 is 0 Å². The molecule has 0 nitrogen and oxygen atoms in total. The van der Waals surface area contributed by atoms with Gasteiger partial charge in [-0.2, -0.15) is 0 Å². The molecule has 40 valence electrons. The second-order valence-corrected chi connectivity index (χ2v) is 1.33. The molecule has 0 rings (SSSR count). The SMILES string of the molecule is C#CC(C#C)(C#C)C#C. The molecule has 0 spiro atoms. The van der Waals surface area contributed by atoms with Crippen LogP contribution in [0.15, 0.2) is 0 Å². The predicted octanol–water partition coefficient (Wildman–Crippen LogP) is 0.506. The minimum absolute atomic E-state index is 1.22. The maximum absolute atomic E-state index is 4.96. The average Bonchev–Trinajstić information content (AvgIpc) is 1.95. The standard InChI is InChI=1S/C9H4/c1-5-9(6-2,7-3)8-4/h1-4H. The lowest BCUT2D eigenvalue weighted by Gasteiger charge is -2.02. The van der Waals surface area contributed by atoms with E-state index < -0.39 is 5.41 Å². The molecule has 0 radical (unpaired) electrons. The predicted molar refractivity (Wildman–Crippen MR) is 37.8 cm³/mol. The normalized spacial score (nSPS) is 7.56. The molecule has 0 fully saturated rings. The lowest BCUT2D eigenvalue weighted by molar-refractivity contribution is 0.995. The summed E-state index contributed by atoms with van der Waals surface area (Å²) in [5.74, 6) is 8.62. The first-order valence-electron chi connectivity index (χ1n) is 2.15. The molecule has 0 bridgehead atoms. The van der Waals surface area contributed by atoms with E-state index in [1.54, 1.807) is 0 Å². The van der Waals surface area contributed by atoms with E-state index in [1.807, 2.05) is 0 Å². The summed E-state index contributed by atoms with van der Waals surface area (Å²) < 4.78 is 0. The van der Waals surface area contributed by atoms with E-state index in [0.29, 0.717) is 0 Å². The van der Waals surface area contributed by atoms with E-state index in [0.717, 1.165) is 0 Å². The topological polar surface area (TPSA) is 0 Å². The van der Waals surface area contributed by atoms with Gasteiger partial charge in [0.2, 0.25) is 5.41 Å². The smallest absolute Gasteiger partial charge is 0.116 e. The van der Waals surface area contributed by atoms with Crippen LogP contribution in [-0.4, -0.2) is 0 Å². The van der Waals surface area contributed by atoms with Gasteiger partial charge in [0.15, 0.2) is 0 Å². The molecule has 0 heteroatoms. The highest BCUT2D eigenvalue weighted by molar-refractivity contribution is 5.44. The van der Waals surface area contributed by atoms with Crippen LogP contribution in [0.2, 0.25) is 0 Å². The zero-order chi connectivity index (χ0) is 7.33. The zero-order valence-electron chi connectivity index (χ0n) is 4.81. The highest BCUT2D eigenvalue weighted by Gasteiger charge is 2.15. The van der Waals surface area contributed by atoms with Gasteiger partial charge in [0.05, 0.1) is 0 Å². The van der Waals surface area contributed by atoms with Crippen LogP contribution in [0.4, 0.5) is 0 Å². The Balaban J connectivity index is 4.84. The monoisotopic (exact) mass is 112 g/mol. The van der Waals surface area contributed by atoms with E-state index in [9.17, 15) is 0 Å². The van der Waals surface area contributed by atoms with Gasteiger partial charge in [-0.15, -0.1) is 25.7 Å². The number of hydrogen-bond acceptors (Lipinski definition) is 0. The first-order chi connectivity index (χ1) is 4.24. The third-order valence-corrected chi connectivity index (χ3v) is 0.866. The Labute approximate surface area is 55.7 Å². The van der Waals surface area contributed by atoms with Crippen molar-refractivity contribution in [2.24, 2.45) is 5.41 Å². The van der Waals surface area contributed by atoms with Gasteiger partial charge in [-0.1, -0.05) is 23.7 Å². The van der Waals surface area contributed by atoms with Gasteiger partial charge in [-0.25, -0.2) is 0 Å². The van der Waals surface area contributed by atoms with Gasteiger partial charge in [-0.3, -0.25) is 0 Å². The lowest BCUT2D eigenvalue weighted by Crippen LogP contribution is -2.08. The third kappa shape index (κ3) is 1.07. The molecule has 9 heavy (non-hydrogen) atoms. The minimum Gasteiger partial charge on any atom is -0.116 e. The molecule has 0 unspecified atom stereocenters. The van der Waals surface area contributed by atoms with Gasteiger partial charge >= 0.3 is 0 Å². The molecule has 0 heterocycles. The Morgan fingerprint density at radius 1 is 0.667 bits per heavy atom. The molecule has 0 aromatic rings. The maximum atomic E-state index is 4.96. The van der Waals surface area contributed by atoms with Crippen molar-refractivity contribution in [1.29, 1.82) is 0 Å². The van der Waals surface area contributed by atoms with Crippen molar-refractivity contribution in [3.63, 3.8) is 0 Å². The summed E-state index contributed by atoms with van der Waals surface area (Å²) in [7, 11) is 0. The van der Waals surface area contributed by atoms with Crippen LogP contribution in [0.1, 0.15) is 0 Å². The lowest BCUT2D eigenvalue weighted by atomic mass is 9.93. The van der Waals surface area contributed by atoms with E-state index in [4.69, 9.17) is 25.7 Å². The second-order valence-electron chi connectivity index (χ2n) is 1.33. The summed E-state index contributed by atoms with van der Waals surface area (Å²) in [6, 6.07) is 0. The van der Waals surface area contributed by atoms with Gasteiger partial charge in [0.1, 0.15) is 0 Å². The fourth-order valence-electron chi connectivity index (χ4n) is 0.250. The fourth-order valence-corrected chi connectivity index (χ4v) is 0.250. The molecule has 0 saturated heterocycles. The van der Waals surface area contributed by atoms with E-state index in [-0.39, 0.29) is 0 Å². The number of rotatable bonds is 0. The van der Waals surface area contributed by atoms with Crippen molar-refractivity contribution >= 4 is 0 Å². The molecule has 0 atom stereocenters. The Morgan fingerprint density at radius 2 is 0.889 bits per heavy atom. The molecule has 0 aromatic carbocycles.